The molecule has 1 aliphatic rings. The van der Waals surface area contributed by atoms with Gasteiger partial charge in [-0.05, 0) is 36.6 Å². The molecule has 1 atom stereocenters. The molecule has 0 radical (unpaired) electrons. The summed E-state index contributed by atoms with van der Waals surface area (Å²) in [6.45, 7) is 12.0. The third-order valence-electron chi connectivity index (χ3n) is 5.62. The highest BCUT2D eigenvalue weighted by atomic mass is 16.5. The van der Waals surface area contributed by atoms with Crippen molar-refractivity contribution in [2.45, 2.75) is 47.2 Å². The van der Waals surface area contributed by atoms with Gasteiger partial charge in [0.2, 0.25) is 11.7 Å². The highest BCUT2D eigenvalue weighted by Crippen LogP contribution is 2.39. The van der Waals surface area contributed by atoms with Gasteiger partial charge >= 0.3 is 0 Å². The largest absolute Gasteiger partial charge is 0.504 e. The fourth-order valence-electron chi connectivity index (χ4n) is 4.06. The normalized spacial score (nSPS) is 13.9. The third kappa shape index (κ3) is 7.03. The summed E-state index contributed by atoms with van der Waals surface area (Å²) in [7, 11) is 0. The number of nitrogens with one attached hydrogen (secondary N) is 1. The lowest BCUT2D eigenvalue weighted by atomic mass is 10.1. The van der Waals surface area contributed by atoms with Gasteiger partial charge in [0.25, 0.3) is 0 Å². The molecule has 2 aromatic carbocycles. The summed E-state index contributed by atoms with van der Waals surface area (Å²) < 4.78 is 17.1. The molecular formula is C27H38N2O5. The highest BCUT2D eigenvalue weighted by Gasteiger charge is 2.23. The Hall–Kier alpha value is -2.93. The maximum atomic E-state index is 13.4. The van der Waals surface area contributed by atoms with E-state index < -0.39 is 0 Å². The van der Waals surface area contributed by atoms with Crippen LogP contribution in [0.3, 0.4) is 0 Å². The zero-order chi connectivity index (χ0) is 24.5. The van der Waals surface area contributed by atoms with Gasteiger partial charge in [0.1, 0.15) is 5.75 Å². The Labute approximate surface area is 203 Å². The number of fused-ring (bicyclic) bond motifs is 1. The second kappa shape index (κ2) is 12.5. The highest BCUT2D eigenvalue weighted by molar-refractivity contribution is 5.78. The van der Waals surface area contributed by atoms with Gasteiger partial charge in [0.05, 0.1) is 19.8 Å². The van der Waals surface area contributed by atoms with Crippen molar-refractivity contribution < 1.29 is 24.1 Å². The van der Waals surface area contributed by atoms with Gasteiger partial charge in [0.15, 0.2) is 11.5 Å². The average Bonchev–Trinajstić information content (AvgIpc) is 3.05. The van der Waals surface area contributed by atoms with Crippen molar-refractivity contribution in [2.75, 3.05) is 32.9 Å². The van der Waals surface area contributed by atoms with E-state index in [1.165, 1.54) is 0 Å². The number of rotatable bonds is 11. The monoisotopic (exact) mass is 470 g/mol. The van der Waals surface area contributed by atoms with E-state index in [0.29, 0.717) is 63.4 Å². The number of amides is 1. The van der Waals surface area contributed by atoms with Crippen LogP contribution in [0.4, 0.5) is 0 Å². The fourth-order valence-corrected chi connectivity index (χ4v) is 4.06. The minimum absolute atomic E-state index is 0.0500. The summed E-state index contributed by atoms with van der Waals surface area (Å²) in [6, 6.07) is 11.5. The molecule has 1 amide bonds. The van der Waals surface area contributed by atoms with Crippen LogP contribution in [0, 0.1) is 11.8 Å². The van der Waals surface area contributed by atoms with Gasteiger partial charge < -0.3 is 29.5 Å². The second-order valence-corrected chi connectivity index (χ2v) is 9.18. The van der Waals surface area contributed by atoms with Gasteiger partial charge in [-0.15, -0.1) is 0 Å². The van der Waals surface area contributed by atoms with Crippen molar-refractivity contribution in [1.82, 2.24) is 10.2 Å². The Morgan fingerprint density at radius 2 is 1.94 bits per heavy atom. The Morgan fingerprint density at radius 3 is 2.71 bits per heavy atom. The molecule has 3 rings (SSSR count). The van der Waals surface area contributed by atoms with Gasteiger partial charge in [-0.25, -0.2) is 0 Å². The van der Waals surface area contributed by atoms with E-state index in [-0.39, 0.29) is 17.6 Å². The summed E-state index contributed by atoms with van der Waals surface area (Å²) in [5.41, 5.74) is 1.90. The molecular weight excluding hydrogens is 432 g/mol. The van der Waals surface area contributed by atoms with Crippen LogP contribution in [0.25, 0.3) is 0 Å². The van der Waals surface area contributed by atoms with Gasteiger partial charge in [-0.3, -0.25) is 4.79 Å². The predicted molar refractivity (Wildman–Crippen MR) is 132 cm³/mol. The number of benzene rings is 2. The Kier molecular flexibility index (Phi) is 9.45. The van der Waals surface area contributed by atoms with Crippen LogP contribution in [0.1, 0.15) is 45.2 Å². The zero-order valence-electron chi connectivity index (χ0n) is 20.8. The Morgan fingerprint density at radius 1 is 1.18 bits per heavy atom. The summed E-state index contributed by atoms with van der Waals surface area (Å²) >= 11 is 0. The van der Waals surface area contributed by atoms with Crippen LogP contribution in [0.15, 0.2) is 36.4 Å². The molecule has 1 unspecified atom stereocenters. The topological polar surface area (TPSA) is 80.3 Å². The molecule has 1 aliphatic heterocycles. The summed E-state index contributed by atoms with van der Waals surface area (Å²) in [5, 5.41) is 13.9. The summed E-state index contributed by atoms with van der Waals surface area (Å²) in [5.74, 6) is 2.02. The van der Waals surface area contributed by atoms with E-state index in [2.05, 4.69) is 19.2 Å². The molecule has 0 spiro atoms. The molecule has 0 bridgehead atoms. The quantitative estimate of drug-likeness (QED) is 0.508. The number of carbonyl (C=O) groups excluding carboxylic acids is 1. The molecule has 0 saturated heterocycles. The summed E-state index contributed by atoms with van der Waals surface area (Å²) in [6.07, 6.45) is 0.765. The molecule has 2 N–H and O–H groups in total. The molecule has 2 aromatic rings. The van der Waals surface area contributed by atoms with Gasteiger partial charge in [-0.1, -0.05) is 39.0 Å². The van der Waals surface area contributed by atoms with E-state index in [4.69, 9.17) is 14.2 Å². The number of hydrogen-bond acceptors (Lipinski definition) is 6. The number of phenols is 1. The lowest BCUT2D eigenvalue weighted by Crippen LogP contribution is -2.40. The number of hydrogen-bond donors (Lipinski definition) is 2. The zero-order valence-corrected chi connectivity index (χ0v) is 20.8. The van der Waals surface area contributed by atoms with Crippen LogP contribution in [0.2, 0.25) is 0 Å². The van der Waals surface area contributed by atoms with Crippen molar-refractivity contribution in [1.29, 1.82) is 0 Å². The molecule has 34 heavy (non-hydrogen) atoms. The number of aromatic hydroxyl groups is 1. The van der Waals surface area contributed by atoms with E-state index in [1.54, 1.807) is 6.07 Å². The minimum Gasteiger partial charge on any atom is -0.504 e. The van der Waals surface area contributed by atoms with Crippen LogP contribution >= 0.6 is 0 Å². The van der Waals surface area contributed by atoms with E-state index in [0.717, 1.165) is 23.3 Å². The van der Waals surface area contributed by atoms with Crippen LogP contribution in [-0.4, -0.2) is 48.8 Å². The average molecular weight is 471 g/mol. The third-order valence-corrected chi connectivity index (χ3v) is 5.62. The van der Waals surface area contributed by atoms with Crippen molar-refractivity contribution >= 4 is 5.91 Å². The first-order valence-electron chi connectivity index (χ1n) is 12.2. The van der Waals surface area contributed by atoms with Crippen LogP contribution in [-0.2, 0) is 17.9 Å². The number of carbonyl (C=O) groups is 1. The van der Waals surface area contributed by atoms with Gasteiger partial charge in [-0.2, -0.15) is 0 Å². The lowest BCUT2D eigenvalue weighted by molar-refractivity contribution is -0.136. The first-order valence-corrected chi connectivity index (χ1v) is 12.2. The maximum absolute atomic E-state index is 13.4. The first kappa shape index (κ1) is 25.7. The summed E-state index contributed by atoms with van der Waals surface area (Å²) in [4.78, 5) is 15.2. The molecule has 0 saturated carbocycles. The lowest BCUT2D eigenvalue weighted by Gasteiger charge is -2.28. The van der Waals surface area contributed by atoms with Crippen molar-refractivity contribution in [2.24, 2.45) is 11.8 Å². The molecule has 0 aliphatic carbocycles. The molecule has 186 valence electrons. The van der Waals surface area contributed by atoms with Crippen molar-refractivity contribution in [3.63, 3.8) is 0 Å². The van der Waals surface area contributed by atoms with Gasteiger partial charge in [0, 0.05) is 44.1 Å². The SMILES string of the molecule is CCOc1ccccc1CNCC(C)C(=O)N(Cc1cc(O)c2c(c1)OCCCO2)CC(C)C. The fraction of sp³-hybridized carbons (Fsp3) is 0.519. The van der Waals surface area contributed by atoms with E-state index in [9.17, 15) is 9.90 Å². The van der Waals surface area contributed by atoms with E-state index in [1.807, 2.05) is 49.1 Å². The number of ether oxygens (including phenoxy) is 3. The van der Waals surface area contributed by atoms with Crippen molar-refractivity contribution in [3.8, 4) is 23.0 Å². The van der Waals surface area contributed by atoms with E-state index >= 15 is 0 Å². The second-order valence-electron chi connectivity index (χ2n) is 9.18. The minimum atomic E-state index is -0.202. The number of phenolic OH excluding ortho intramolecular Hbond substituents is 1. The standard InChI is InChI=1S/C27H38N2O5/c1-5-32-24-10-7-6-9-22(24)16-28-15-20(4)27(31)29(17-19(2)3)18-21-13-23(30)26-25(14-21)33-11-8-12-34-26/h6-7,9-10,13-14,19-20,28,30H,5,8,11-12,15-18H2,1-4H3. The molecule has 1 heterocycles. The molecule has 0 aromatic heterocycles. The molecule has 7 nitrogen and oxygen atoms in total. The smallest absolute Gasteiger partial charge is 0.226 e. The van der Waals surface area contributed by atoms with Crippen molar-refractivity contribution in [3.05, 3.63) is 47.5 Å². The Balaban J connectivity index is 1.65. The van der Waals surface area contributed by atoms with Crippen LogP contribution in [0.5, 0.6) is 23.0 Å². The predicted octanol–water partition coefficient (Wildman–Crippen LogP) is 4.36. The van der Waals surface area contributed by atoms with Crippen LogP contribution < -0.4 is 19.5 Å². The number of nitrogens with zero attached hydrogens (tertiary/aromatic N) is 1. The molecule has 7 heteroatoms. The first-order chi connectivity index (χ1) is 16.4. The number of para-hydroxylation sites is 1. The molecule has 0 fully saturated rings. The Bertz CT molecular complexity index is 947. The maximum Gasteiger partial charge on any atom is 0.226 e.